The summed E-state index contributed by atoms with van der Waals surface area (Å²) in [5.41, 5.74) is -0.780. The van der Waals surface area contributed by atoms with Gasteiger partial charge in [-0.25, -0.2) is 0 Å². The predicted octanol–water partition coefficient (Wildman–Crippen LogP) is 4.47. The number of hydrogen-bond donors (Lipinski definition) is 1. The number of piperazine rings is 1. The molecular formula is C23H17ClF3N5O3. The van der Waals surface area contributed by atoms with Crippen molar-refractivity contribution in [2.45, 2.75) is 6.18 Å². The zero-order chi connectivity index (χ0) is 24.7. The maximum atomic E-state index is 13.3. The van der Waals surface area contributed by atoms with E-state index in [4.69, 9.17) is 16.3 Å². The summed E-state index contributed by atoms with van der Waals surface area (Å²) in [5.74, 6) is -0.349. The summed E-state index contributed by atoms with van der Waals surface area (Å²) in [4.78, 5) is 28.7. The van der Waals surface area contributed by atoms with Crippen LogP contribution in [0, 0.1) is 0 Å². The van der Waals surface area contributed by atoms with E-state index in [1.807, 2.05) is 0 Å². The van der Waals surface area contributed by atoms with E-state index in [0.29, 0.717) is 35.4 Å². The highest BCUT2D eigenvalue weighted by atomic mass is 35.5. The van der Waals surface area contributed by atoms with Crippen LogP contribution < -0.4 is 15.0 Å². The van der Waals surface area contributed by atoms with Crippen LogP contribution in [0.3, 0.4) is 0 Å². The van der Waals surface area contributed by atoms with Gasteiger partial charge in [0.2, 0.25) is 0 Å². The number of rotatable bonds is 2. The molecule has 0 spiro atoms. The summed E-state index contributed by atoms with van der Waals surface area (Å²) in [5, 5.41) is 11.4. The van der Waals surface area contributed by atoms with Gasteiger partial charge in [-0.3, -0.25) is 9.59 Å². The molecule has 5 rings (SSSR count). The lowest BCUT2D eigenvalue weighted by atomic mass is 10.1. The summed E-state index contributed by atoms with van der Waals surface area (Å²) < 4.78 is 45.7. The number of benzene rings is 2. The van der Waals surface area contributed by atoms with E-state index in [0.717, 1.165) is 6.07 Å². The fourth-order valence-corrected chi connectivity index (χ4v) is 4.14. The summed E-state index contributed by atoms with van der Waals surface area (Å²) in [6.45, 7) is 0.949. The number of ether oxygens (including phenoxy) is 1. The molecule has 1 saturated heterocycles. The van der Waals surface area contributed by atoms with E-state index in [-0.39, 0.29) is 30.1 Å². The molecule has 0 unspecified atom stereocenters. The third-order valence-corrected chi connectivity index (χ3v) is 5.98. The quantitative estimate of drug-likeness (QED) is 0.555. The second-order valence-electron chi connectivity index (χ2n) is 7.94. The second kappa shape index (κ2) is 8.73. The van der Waals surface area contributed by atoms with Crippen LogP contribution in [-0.4, -0.2) is 53.1 Å². The number of halogens is 4. The third-order valence-electron chi connectivity index (χ3n) is 5.74. The Kier molecular flexibility index (Phi) is 5.72. The maximum Gasteiger partial charge on any atom is 0.417 e. The third kappa shape index (κ3) is 4.46. The summed E-state index contributed by atoms with van der Waals surface area (Å²) in [6.07, 6.45) is -4.63. The van der Waals surface area contributed by atoms with E-state index < -0.39 is 23.6 Å². The zero-order valence-corrected chi connectivity index (χ0v) is 18.7. The molecule has 3 heterocycles. The summed E-state index contributed by atoms with van der Waals surface area (Å²) in [7, 11) is 0. The van der Waals surface area contributed by atoms with Gasteiger partial charge in [0.25, 0.3) is 17.7 Å². The van der Waals surface area contributed by atoms with Gasteiger partial charge in [0, 0.05) is 37.3 Å². The van der Waals surface area contributed by atoms with Gasteiger partial charge in [0.15, 0.2) is 11.6 Å². The lowest BCUT2D eigenvalue weighted by molar-refractivity contribution is -0.138. The predicted molar refractivity (Wildman–Crippen MR) is 121 cm³/mol. The van der Waals surface area contributed by atoms with Crippen LogP contribution in [0.1, 0.15) is 26.3 Å². The lowest BCUT2D eigenvalue weighted by Gasteiger charge is -2.35. The minimum atomic E-state index is -4.63. The lowest BCUT2D eigenvalue weighted by Crippen LogP contribution is -2.49. The van der Waals surface area contributed by atoms with Crippen molar-refractivity contribution in [1.82, 2.24) is 15.1 Å². The van der Waals surface area contributed by atoms with E-state index in [9.17, 15) is 22.8 Å². The van der Waals surface area contributed by atoms with Gasteiger partial charge in [-0.05, 0) is 30.3 Å². The molecule has 3 aromatic rings. The Morgan fingerprint density at radius 2 is 1.77 bits per heavy atom. The topological polar surface area (TPSA) is 87.7 Å². The van der Waals surface area contributed by atoms with Crippen molar-refractivity contribution in [2.24, 2.45) is 0 Å². The standard InChI is InChI=1S/C23H17ClF3N5O3/c24-13-5-6-18-17(11-13)28-20(33)15-12-19(29-30-21(15)35-18)31-7-9-32(10-8-31)22(34)14-3-1-2-4-16(14)23(25,26)27/h1-6,11-12H,7-10H2,(H,28,33). The molecule has 0 saturated carbocycles. The van der Waals surface area contributed by atoms with Gasteiger partial charge in [-0.1, -0.05) is 23.7 Å². The van der Waals surface area contributed by atoms with Crippen LogP contribution in [0.15, 0.2) is 48.5 Å². The molecule has 0 bridgehead atoms. The summed E-state index contributed by atoms with van der Waals surface area (Å²) >= 11 is 5.99. The number of aromatic nitrogens is 2. The van der Waals surface area contributed by atoms with Gasteiger partial charge < -0.3 is 19.9 Å². The molecule has 0 aliphatic carbocycles. The van der Waals surface area contributed by atoms with Crippen LogP contribution in [0.25, 0.3) is 0 Å². The van der Waals surface area contributed by atoms with Crippen LogP contribution >= 0.6 is 11.6 Å². The highest BCUT2D eigenvalue weighted by molar-refractivity contribution is 6.31. The van der Waals surface area contributed by atoms with Gasteiger partial charge in [0.1, 0.15) is 5.56 Å². The first-order chi connectivity index (χ1) is 16.7. The van der Waals surface area contributed by atoms with E-state index in [2.05, 4.69) is 15.5 Å². The van der Waals surface area contributed by atoms with Crippen molar-refractivity contribution in [3.05, 3.63) is 70.2 Å². The number of carbonyl (C=O) groups excluding carboxylic acids is 2. The average Bonchev–Trinajstić information content (AvgIpc) is 2.98. The molecule has 2 aromatic carbocycles. The Morgan fingerprint density at radius 3 is 2.51 bits per heavy atom. The largest absolute Gasteiger partial charge is 0.435 e. The molecule has 2 aliphatic heterocycles. The van der Waals surface area contributed by atoms with Gasteiger partial charge in [0.05, 0.1) is 16.8 Å². The normalized spacial score (nSPS) is 15.5. The number of alkyl halides is 3. The van der Waals surface area contributed by atoms with Gasteiger partial charge in [-0.15, -0.1) is 10.2 Å². The summed E-state index contributed by atoms with van der Waals surface area (Å²) in [6, 6.07) is 11.0. The molecule has 0 atom stereocenters. The SMILES string of the molecule is O=C1Nc2cc(Cl)ccc2Oc2nnc(N3CCN(C(=O)c4ccccc4C(F)(F)F)CC3)cc21. The zero-order valence-electron chi connectivity index (χ0n) is 18.0. The highest BCUT2D eigenvalue weighted by Crippen LogP contribution is 2.37. The maximum absolute atomic E-state index is 13.3. The number of amides is 2. The van der Waals surface area contributed by atoms with Crippen LogP contribution in [0.4, 0.5) is 24.7 Å². The molecular weight excluding hydrogens is 487 g/mol. The van der Waals surface area contributed by atoms with Crippen molar-refractivity contribution >= 4 is 34.9 Å². The van der Waals surface area contributed by atoms with Gasteiger partial charge >= 0.3 is 6.18 Å². The first kappa shape index (κ1) is 22.9. The molecule has 1 aromatic heterocycles. The van der Waals surface area contributed by atoms with Crippen LogP contribution in [-0.2, 0) is 6.18 Å². The number of nitrogens with one attached hydrogen (secondary N) is 1. The molecule has 180 valence electrons. The Morgan fingerprint density at radius 1 is 1.03 bits per heavy atom. The first-order valence-electron chi connectivity index (χ1n) is 10.6. The van der Waals surface area contributed by atoms with E-state index >= 15 is 0 Å². The second-order valence-corrected chi connectivity index (χ2v) is 8.38. The Labute approximate surface area is 202 Å². The van der Waals surface area contributed by atoms with Crippen molar-refractivity contribution in [3.63, 3.8) is 0 Å². The molecule has 1 fully saturated rings. The minimum absolute atomic E-state index is 0.0323. The molecule has 2 amide bonds. The van der Waals surface area contributed by atoms with Crippen LogP contribution in [0.2, 0.25) is 5.02 Å². The van der Waals surface area contributed by atoms with E-state index in [1.54, 1.807) is 23.1 Å². The van der Waals surface area contributed by atoms with Crippen molar-refractivity contribution in [1.29, 1.82) is 0 Å². The molecule has 0 radical (unpaired) electrons. The number of nitrogens with zero attached hydrogens (tertiary/aromatic N) is 4. The molecule has 1 N–H and O–H groups in total. The average molecular weight is 504 g/mol. The Balaban J connectivity index is 1.31. The van der Waals surface area contributed by atoms with Crippen molar-refractivity contribution in [2.75, 3.05) is 36.4 Å². The van der Waals surface area contributed by atoms with E-state index in [1.165, 1.54) is 29.2 Å². The monoisotopic (exact) mass is 503 g/mol. The minimum Gasteiger partial charge on any atom is -0.435 e. The number of fused-ring (bicyclic) bond motifs is 2. The van der Waals surface area contributed by atoms with Crippen LogP contribution in [0.5, 0.6) is 11.6 Å². The fourth-order valence-electron chi connectivity index (χ4n) is 3.97. The first-order valence-corrected chi connectivity index (χ1v) is 11.0. The molecule has 35 heavy (non-hydrogen) atoms. The highest BCUT2D eigenvalue weighted by Gasteiger charge is 2.36. The number of anilines is 2. The van der Waals surface area contributed by atoms with Crippen molar-refractivity contribution in [3.8, 4) is 11.6 Å². The molecule has 8 nitrogen and oxygen atoms in total. The Hall–Kier alpha value is -3.86. The Bertz CT molecular complexity index is 1330. The number of hydrogen-bond acceptors (Lipinski definition) is 6. The smallest absolute Gasteiger partial charge is 0.417 e. The molecule has 2 aliphatic rings. The number of carbonyl (C=O) groups is 2. The fraction of sp³-hybridized carbons (Fsp3) is 0.217. The molecule has 12 heteroatoms. The van der Waals surface area contributed by atoms with Crippen molar-refractivity contribution < 1.29 is 27.5 Å². The van der Waals surface area contributed by atoms with Gasteiger partial charge in [-0.2, -0.15) is 13.2 Å².